The maximum absolute atomic E-state index is 10.4. The highest BCUT2D eigenvalue weighted by atomic mass is 16.5. The summed E-state index contributed by atoms with van der Waals surface area (Å²) in [4.78, 5) is 10.4. The van der Waals surface area contributed by atoms with Crippen molar-refractivity contribution >= 4 is 5.97 Å². The molecule has 10 heavy (non-hydrogen) atoms. The molecule has 1 aliphatic rings. The number of carboxylic acids is 1. The lowest BCUT2D eigenvalue weighted by molar-refractivity contribution is -0.154. The summed E-state index contributed by atoms with van der Waals surface area (Å²) in [6.07, 6.45) is 1.10. The molecule has 0 aromatic rings. The highest BCUT2D eigenvalue weighted by Gasteiger charge is 2.24. The third kappa shape index (κ3) is 1.70. The van der Waals surface area contributed by atoms with Crippen LogP contribution in [0.4, 0.5) is 0 Å². The average Bonchev–Trinajstić information content (AvgIpc) is 1.88. The molecule has 1 aliphatic heterocycles. The van der Waals surface area contributed by atoms with Crippen molar-refractivity contribution in [3.63, 3.8) is 0 Å². The molecule has 0 spiro atoms. The molecule has 1 rings (SSSR count). The van der Waals surface area contributed by atoms with E-state index in [2.05, 4.69) is 6.92 Å². The molecule has 3 heteroatoms. The summed E-state index contributed by atoms with van der Waals surface area (Å²) in [5.41, 5.74) is 0. The molecule has 1 N–H and O–H groups in total. The molecule has 3 nitrogen and oxygen atoms in total. The molecule has 0 aromatic carbocycles. The van der Waals surface area contributed by atoms with E-state index in [1.807, 2.05) is 0 Å². The van der Waals surface area contributed by atoms with E-state index < -0.39 is 12.1 Å². The molecule has 0 saturated carbocycles. The Hall–Kier alpha value is -0.570. The highest BCUT2D eigenvalue weighted by Crippen LogP contribution is 2.18. The van der Waals surface area contributed by atoms with Gasteiger partial charge in [-0.1, -0.05) is 6.92 Å². The maximum atomic E-state index is 10.4. The number of aliphatic carboxylic acids is 1. The minimum atomic E-state index is -0.827. The van der Waals surface area contributed by atoms with Crippen LogP contribution in [0.15, 0.2) is 0 Å². The summed E-state index contributed by atoms with van der Waals surface area (Å²) < 4.78 is 5.01. The standard InChI is InChI=1S/C7H12O3/c1-5-2-3-10-6(4-5)7(8)9/h5-6H,2-4H2,1H3,(H,8,9). The van der Waals surface area contributed by atoms with Crippen LogP contribution in [0, 0.1) is 5.92 Å². The normalized spacial score (nSPS) is 33.7. The minimum Gasteiger partial charge on any atom is -0.479 e. The predicted octanol–water partition coefficient (Wildman–Crippen LogP) is 0.886. The SMILES string of the molecule is CC1CCOC(C(=O)O)C1. The molecule has 2 unspecified atom stereocenters. The Bertz CT molecular complexity index is 133. The molecule has 1 heterocycles. The summed E-state index contributed by atoms with van der Waals surface area (Å²) in [7, 11) is 0. The van der Waals surface area contributed by atoms with E-state index in [0.29, 0.717) is 18.9 Å². The first-order valence-electron chi connectivity index (χ1n) is 3.54. The van der Waals surface area contributed by atoms with E-state index in [1.165, 1.54) is 0 Å². The van der Waals surface area contributed by atoms with Crippen molar-refractivity contribution in [1.29, 1.82) is 0 Å². The minimum absolute atomic E-state index is 0.495. The monoisotopic (exact) mass is 144 g/mol. The lowest BCUT2D eigenvalue weighted by Crippen LogP contribution is -2.31. The fraction of sp³-hybridized carbons (Fsp3) is 0.857. The molecule has 0 bridgehead atoms. The van der Waals surface area contributed by atoms with Gasteiger partial charge in [0.1, 0.15) is 0 Å². The summed E-state index contributed by atoms with van der Waals surface area (Å²) >= 11 is 0. The number of carbonyl (C=O) groups is 1. The summed E-state index contributed by atoms with van der Waals surface area (Å²) in [5.74, 6) is -0.332. The van der Waals surface area contributed by atoms with Crippen LogP contribution in [0.2, 0.25) is 0 Å². The summed E-state index contributed by atoms with van der Waals surface area (Å²) in [6.45, 7) is 2.65. The van der Waals surface area contributed by atoms with Gasteiger partial charge in [-0.25, -0.2) is 4.79 Å². The van der Waals surface area contributed by atoms with Gasteiger partial charge in [0, 0.05) is 6.61 Å². The zero-order chi connectivity index (χ0) is 7.56. The van der Waals surface area contributed by atoms with E-state index in [-0.39, 0.29) is 0 Å². The predicted molar refractivity (Wildman–Crippen MR) is 35.8 cm³/mol. The van der Waals surface area contributed by atoms with Crippen LogP contribution in [0.1, 0.15) is 19.8 Å². The molecular weight excluding hydrogens is 132 g/mol. The summed E-state index contributed by atoms with van der Waals surface area (Å²) in [5, 5.41) is 8.53. The molecule has 0 aromatic heterocycles. The highest BCUT2D eigenvalue weighted by molar-refractivity contribution is 5.72. The van der Waals surface area contributed by atoms with Crippen molar-refractivity contribution in [3.05, 3.63) is 0 Å². The van der Waals surface area contributed by atoms with Crippen LogP contribution in [0.25, 0.3) is 0 Å². The fourth-order valence-corrected chi connectivity index (χ4v) is 1.13. The van der Waals surface area contributed by atoms with Crippen molar-refractivity contribution in [2.75, 3.05) is 6.61 Å². The molecule has 1 fully saturated rings. The third-order valence-corrected chi connectivity index (χ3v) is 1.82. The Kier molecular flexibility index (Phi) is 2.27. The Balaban J connectivity index is 2.39. The zero-order valence-corrected chi connectivity index (χ0v) is 6.04. The quantitative estimate of drug-likeness (QED) is 0.594. The van der Waals surface area contributed by atoms with Crippen molar-refractivity contribution in [2.24, 2.45) is 5.92 Å². The van der Waals surface area contributed by atoms with E-state index in [4.69, 9.17) is 9.84 Å². The average molecular weight is 144 g/mol. The van der Waals surface area contributed by atoms with Gasteiger partial charge in [0.2, 0.25) is 0 Å². The zero-order valence-electron chi connectivity index (χ0n) is 6.04. The number of hydrogen-bond acceptors (Lipinski definition) is 2. The largest absolute Gasteiger partial charge is 0.479 e. The van der Waals surface area contributed by atoms with Gasteiger partial charge in [-0.05, 0) is 18.8 Å². The lowest BCUT2D eigenvalue weighted by Gasteiger charge is -2.23. The van der Waals surface area contributed by atoms with Crippen molar-refractivity contribution in [3.8, 4) is 0 Å². The molecular formula is C7H12O3. The first-order valence-corrected chi connectivity index (χ1v) is 3.54. The van der Waals surface area contributed by atoms with Crippen LogP contribution < -0.4 is 0 Å². The molecule has 0 amide bonds. The Morgan fingerprint density at radius 3 is 2.80 bits per heavy atom. The van der Waals surface area contributed by atoms with Crippen LogP contribution in [0.3, 0.4) is 0 Å². The van der Waals surface area contributed by atoms with Crippen molar-refractivity contribution < 1.29 is 14.6 Å². The third-order valence-electron chi connectivity index (χ3n) is 1.82. The fourth-order valence-electron chi connectivity index (χ4n) is 1.13. The first kappa shape index (κ1) is 7.54. The van der Waals surface area contributed by atoms with Gasteiger partial charge in [0.15, 0.2) is 6.10 Å². The molecule has 0 aliphatic carbocycles. The van der Waals surface area contributed by atoms with E-state index in [1.54, 1.807) is 0 Å². The molecule has 0 radical (unpaired) electrons. The van der Waals surface area contributed by atoms with Crippen molar-refractivity contribution in [2.45, 2.75) is 25.9 Å². The van der Waals surface area contributed by atoms with Crippen LogP contribution in [0.5, 0.6) is 0 Å². The number of rotatable bonds is 1. The second-order valence-electron chi connectivity index (χ2n) is 2.83. The Morgan fingerprint density at radius 2 is 2.40 bits per heavy atom. The van der Waals surface area contributed by atoms with Gasteiger partial charge in [-0.3, -0.25) is 0 Å². The summed E-state index contributed by atoms with van der Waals surface area (Å²) in [6, 6.07) is 0. The van der Waals surface area contributed by atoms with Gasteiger partial charge in [0.05, 0.1) is 0 Å². The second kappa shape index (κ2) is 3.01. The lowest BCUT2D eigenvalue weighted by atomic mass is 9.98. The molecule has 1 saturated heterocycles. The number of hydrogen-bond donors (Lipinski definition) is 1. The Morgan fingerprint density at radius 1 is 1.70 bits per heavy atom. The van der Waals surface area contributed by atoms with Gasteiger partial charge in [-0.15, -0.1) is 0 Å². The second-order valence-corrected chi connectivity index (χ2v) is 2.83. The van der Waals surface area contributed by atoms with Crippen LogP contribution in [-0.2, 0) is 9.53 Å². The van der Waals surface area contributed by atoms with Crippen LogP contribution >= 0.6 is 0 Å². The topological polar surface area (TPSA) is 46.5 Å². The molecule has 2 atom stereocenters. The van der Waals surface area contributed by atoms with Gasteiger partial charge in [-0.2, -0.15) is 0 Å². The van der Waals surface area contributed by atoms with Crippen molar-refractivity contribution in [1.82, 2.24) is 0 Å². The van der Waals surface area contributed by atoms with E-state index in [0.717, 1.165) is 6.42 Å². The Labute approximate surface area is 60.0 Å². The van der Waals surface area contributed by atoms with Crippen LogP contribution in [-0.4, -0.2) is 23.8 Å². The van der Waals surface area contributed by atoms with Gasteiger partial charge in [0.25, 0.3) is 0 Å². The van der Waals surface area contributed by atoms with E-state index in [9.17, 15) is 4.79 Å². The van der Waals surface area contributed by atoms with E-state index >= 15 is 0 Å². The number of ether oxygens (including phenoxy) is 1. The maximum Gasteiger partial charge on any atom is 0.332 e. The first-order chi connectivity index (χ1) is 4.70. The van der Waals surface area contributed by atoms with Gasteiger partial charge >= 0.3 is 5.97 Å². The smallest absolute Gasteiger partial charge is 0.332 e. The number of carboxylic acid groups (broad SMARTS) is 1. The molecule has 58 valence electrons. The van der Waals surface area contributed by atoms with Gasteiger partial charge < -0.3 is 9.84 Å².